The van der Waals surface area contributed by atoms with Crippen LogP contribution < -0.4 is 10.3 Å². The van der Waals surface area contributed by atoms with Crippen LogP contribution in [0.15, 0.2) is 59.5 Å². The monoisotopic (exact) mass is 429 g/mol. The first-order valence-corrected chi connectivity index (χ1v) is 10.3. The summed E-state index contributed by atoms with van der Waals surface area (Å²) in [5.74, 6) is -0.507. The van der Waals surface area contributed by atoms with Crippen molar-refractivity contribution in [1.82, 2.24) is 9.78 Å². The van der Waals surface area contributed by atoms with Crippen molar-refractivity contribution in [3.8, 4) is 22.6 Å². The Morgan fingerprint density at radius 2 is 1.83 bits per heavy atom. The molecule has 0 saturated carbocycles. The van der Waals surface area contributed by atoms with Crippen LogP contribution in [0, 0.1) is 5.82 Å². The summed E-state index contributed by atoms with van der Waals surface area (Å²) in [5.41, 5.74) is 1.50. The van der Waals surface area contributed by atoms with E-state index >= 15 is 0 Å². The highest BCUT2D eigenvalue weighted by Crippen LogP contribution is 2.27. The zero-order valence-corrected chi connectivity index (χ0v) is 16.6. The van der Waals surface area contributed by atoms with Gasteiger partial charge in [-0.15, -0.1) is 0 Å². The SMILES string of the molecule is O=CCCCOc1c(-c2ccc(CS(=O)[O-])cc2)cnn(-c2ccc(F)cc2)c1=O. The quantitative estimate of drug-likeness (QED) is 0.295. The summed E-state index contributed by atoms with van der Waals surface area (Å²) in [6.45, 7) is 0.154. The summed E-state index contributed by atoms with van der Waals surface area (Å²) < 4.78 is 41.8. The van der Waals surface area contributed by atoms with Crippen molar-refractivity contribution < 1.29 is 22.7 Å². The van der Waals surface area contributed by atoms with Gasteiger partial charge in [0.2, 0.25) is 0 Å². The Balaban J connectivity index is 2.01. The lowest BCUT2D eigenvalue weighted by Crippen LogP contribution is -2.24. The Kier molecular flexibility index (Phi) is 7.21. The minimum atomic E-state index is -2.20. The molecule has 156 valence electrons. The molecule has 0 amide bonds. The number of carbonyl (C=O) groups excluding carboxylic acids is 1. The minimum absolute atomic E-state index is 0.0420. The average molecular weight is 429 g/mol. The lowest BCUT2D eigenvalue weighted by Gasteiger charge is -2.14. The van der Waals surface area contributed by atoms with E-state index < -0.39 is 22.5 Å². The third kappa shape index (κ3) is 5.25. The lowest BCUT2D eigenvalue weighted by atomic mass is 10.1. The highest BCUT2D eigenvalue weighted by molar-refractivity contribution is 7.78. The highest BCUT2D eigenvalue weighted by Gasteiger charge is 2.16. The van der Waals surface area contributed by atoms with Crippen molar-refractivity contribution in [3.05, 3.63) is 76.5 Å². The highest BCUT2D eigenvalue weighted by atomic mass is 32.2. The molecule has 1 aromatic heterocycles. The molecule has 2 aromatic carbocycles. The number of nitrogens with zero attached hydrogens (tertiary/aromatic N) is 2. The molecule has 1 unspecified atom stereocenters. The van der Waals surface area contributed by atoms with E-state index in [1.165, 1.54) is 30.5 Å². The molecule has 30 heavy (non-hydrogen) atoms. The molecular formula is C21H18FN2O5S-. The normalized spacial score (nSPS) is 11.8. The van der Waals surface area contributed by atoms with Gasteiger partial charge in [0.25, 0.3) is 0 Å². The fourth-order valence-electron chi connectivity index (χ4n) is 2.81. The van der Waals surface area contributed by atoms with Crippen LogP contribution in [0.4, 0.5) is 4.39 Å². The Labute approximate surface area is 174 Å². The molecule has 3 rings (SSSR count). The Morgan fingerprint density at radius 3 is 2.47 bits per heavy atom. The van der Waals surface area contributed by atoms with Crippen molar-refractivity contribution in [3.63, 3.8) is 0 Å². The van der Waals surface area contributed by atoms with Crippen LogP contribution in [0.5, 0.6) is 5.75 Å². The molecule has 0 fully saturated rings. The van der Waals surface area contributed by atoms with Gasteiger partial charge in [-0.05, 0) is 41.8 Å². The van der Waals surface area contributed by atoms with Gasteiger partial charge >= 0.3 is 5.56 Å². The first-order chi connectivity index (χ1) is 14.5. The molecule has 1 heterocycles. The molecule has 0 aliphatic rings. The summed E-state index contributed by atoms with van der Waals surface area (Å²) in [5, 5.41) is 4.18. The fraction of sp³-hybridized carbons (Fsp3) is 0.190. The molecule has 0 radical (unpaired) electrons. The summed E-state index contributed by atoms with van der Waals surface area (Å²) in [6, 6.07) is 12.0. The number of benzene rings is 2. The smallest absolute Gasteiger partial charge is 0.314 e. The number of halogens is 1. The van der Waals surface area contributed by atoms with E-state index in [0.29, 0.717) is 35.2 Å². The summed E-state index contributed by atoms with van der Waals surface area (Å²) in [6.07, 6.45) is 2.97. The zero-order chi connectivity index (χ0) is 21.5. The van der Waals surface area contributed by atoms with E-state index in [1.807, 2.05) is 0 Å². The number of hydrogen-bond donors (Lipinski definition) is 0. The third-order valence-corrected chi connectivity index (χ3v) is 4.84. The first-order valence-electron chi connectivity index (χ1n) is 9.09. The first kappa shape index (κ1) is 21.5. The Bertz CT molecular complexity index is 1100. The van der Waals surface area contributed by atoms with Gasteiger partial charge in [0.15, 0.2) is 5.75 Å². The van der Waals surface area contributed by atoms with Crippen molar-refractivity contribution in [1.29, 1.82) is 0 Å². The standard InChI is InChI=1S/C21H19FN2O5S/c22-17-7-9-18(10-8-17)24-21(26)20(29-12-2-1-11-25)19(13-23-24)16-5-3-15(4-6-16)14-30(27)28/h3-11,13H,1-2,12,14H2,(H,27,28)/p-1. The lowest BCUT2D eigenvalue weighted by molar-refractivity contribution is -0.108. The maximum atomic E-state index is 13.2. The molecule has 0 bridgehead atoms. The average Bonchev–Trinajstić information content (AvgIpc) is 2.73. The summed E-state index contributed by atoms with van der Waals surface area (Å²) in [7, 11) is 0. The number of aldehydes is 1. The zero-order valence-electron chi connectivity index (χ0n) is 15.8. The van der Waals surface area contributed by atoms with E-state index in [-0.39, 0.29) is 18.1 Å². The van der Waals surface area contributed by atoms with E-state index in [1.54, 1.807) is 24.3 Å². The van der Waals surface area contributed by atoms with E-state index in [4.69, 9.17) is 4.74 Å². The third-order valence-electron chi connectivity index (χ3n) is 4.27. The van der Waals surface area contributed by atoms with Gasteiger partial charge in [0.1, 0.15) is 12.1 Å². The van der Waals surface area contributed by atoms with E-state index in [2.05, 4.69) is 5.10 Å². The molecular weight excluding hydrogens is 411 g/mol. The molecule has 7 nitrogen and oxygen atoms in total. The number of aromatic nitrogens is 2. The van der Waals surface area contributed by atoms with Crippen LogP contribution in [-0.4, -0.2) is 31.4 Å². The number of ether oxygens (including phenoxy) is 1. The van der Waals surface area contributed by atoms with Crippen LogP contribution in [-0.2, 0) is 21.6 Å². The summed E-state index contributed by atoms with van der Waals surface area (Å²) >= 11 is -2.20. The molecule has 0 aliphatic carbocycles. The second kappa shape index (κ2) is 10.0. The molecule has 0 N–H and O–H groups in total. The Morgan fingerprint density at radius 1 is 1.13 bits per heavy atom. The van der Waals surface area contributed by atoms with E-state index in [0.717, 1.165) is 11.0 Å². The van der Waals surface area contributed by atoms with Crippen LogP contribution >= 0.6 is 0 Å². The van der Waals surface area contributed by atoms with Crippen LogP contribution in [0.1, 0.15) is 18.4 Å². The fourth-order valence-corrected chi connectivity index (χ4v) is 3.27. The number of unbranched alkanes of at least 4 members (excludes halogenated alkanes) is 1. The number of carbonyl (C=O) groups is 1. The van der Waals surface area contributed by atoms with Gasteiger partial charge in [-0.3, -0.25) is 9.00 Å². The second-order valence-corrected chi connectivity index (χ2v) is 7.28. The topological polar surface area (TPSA) is 101 Å². The molecule has 9 heteroatoms. The largest absolute Gasteiger partial charge is 0.772 e. The van der Waals surface area contributed by atoms with Gasteiger partial charge in [0, 0.05) is 17.7 Å². The molecule has 0 saturated heterocycles. The van der Waals surface area contributed by atoms with Crippen LogP contribution in [0.3, 0.4) is 0 Å². The van der Waals surface area contributed by atoms with Crippen molar-refractivity contribution in [2.45, 2.75) is 18.6 Å². The minimum Gasteiger partial charge on any atom is -0.772 e. The van der Waals surface area contributed by atoms with Crippen molar-refractivity contribution >= 4 is 17.4 Å². The second-order valence-electron chi connectivity index (χ2n) is 6.38. The van der Waals surface area contributed by atoms with Gasteiger partial charge in [0.05, 0.1) is 18.5 Å². The maximum Gasteiger partial charge on any atom is 0.314 e. The predicted molar refractivity (Wildman–Crippen MR) is 109 cm³/mol. The summed E-state index contributed by atoms with van der Waals surface area (Å²) in [4.78, 5) is 23.6. The van der Waals surface area contributed by atoms with Crippen molar-refractivity contribution in [2.75, 3.05) is 6.61 Å². The van der Waals surface area contributed by atoms with Crippen LogP contribution in [0.2, 0.25) is 0 Å². The predicted octanol–water partition coefficient (Wildman–Crippen LogP) is 2.78. The van der Waals surface area contributed by atoms with E-state index in [9.17, 15) is 22.7 Å². The maximum absolute atomic E-state index is 13.2. The van der Waals surface area contributed by atoms with Crippen LogP contribution in [0.25, 0.3) is 16.8 Å². The van der Waals surface area contributed by atoms with Gasteiger partial charge in [-0.2, -0.15) is 9.78 Å². The molecule has 0 aliphatic heterocycles. The van der Waals surface area contributed by atoms with Gasteiger partial charge in [-0.25, -0.2) is 4.39 Å². The van der Waals surface area contributed by atoms with Gasteiger partial charge in [-0.1, -0.05) is 35.3 Å². The molecule has 0 spiro atoms. The van der Waals surface area contributed by atoms with Crippen molar-refractivity contribution in [2.24, 2.45) is 0 Å². The number of rotatable bonds is 9. The van der Waals surface area contributed by atoms with Gasteiger partial charge < -0.3 is 14.1 Å². The number of hydrogen-bond acceptors (Lipinski definition) is 6. The molecule has 3 aromatic rings. The Hall–Kier alpha value is -3.17. The molecule has 1 atom stereocenters.